The Hall–Kier alpha value is -2.45. The zero-order valence-corrected chi connectivity index (χ0v) is 16.2. The molecule has 1 fully saturated rings. The van der Waals surface area contributed by atoms with Gasteiger partial charge >= 0.3 is 7.12 Å². The predicted molar refractivity (Wildman–Crippen MR) is 113 cm³/mol. The quantitative estimate of drug-likeness (QED) is 0.454. The predicted octanol–water partition coefficient (Wildman–Crippen LogP) is 1.44. The maximum atomic E-state index is 13.5. The van der Waals surface area contributed by atoms with Crippen LogP contribution in [-0.4, -0.2) is 42.1 Å². The van der Waals surface area contributed by atoms with E-state index in [1.54, 1.807) is 24.3 Å². The minimum Gasteiger partial charge on any atom is -0.481 e. The van der Waals surface area contributed by atoms with E-state index >= 15 is 0 Å². The standard InChI is InChI=1S/C22H25BN2O4/c24-14-16-4-5-19-18(13-16)22(7-10-25-11-8-22)21(29-19)20(26)17-3-1-2-15(12-17)6-9-23(27)28/h1-6,9,12-13,21,25,27-28H,7-8,10-11,14,24H2. The summed E-state index contributed by atoms with van der Waals surface area (Å²) < 4.78 is 6.24. The summed E-state index contributed by atoms with van der Waals surface area (Å²) in [5.74, 6) is 1.97. The van der Waals surface area contributed by atoms with Crippen LogP contribution in [-0.2, 0) is 12.0 Å². The lowest BCUT2D eigenvalue weighted by Crippen LogP contribution is -2.50. The van der Waals surface area contributed by atoms with Gasteiger partial charge in [0.25, 0.3) is 0 Å². The molecule has 1 spiro atoms. The molecule has 6 nitrogen and oxygen atoms in total. The zero-order chi connectivity index (χ0) is 20.4. The molecule has 1 saturated heterocycles. The minimum absolute atomic E-state index is 0.0582. The first-order valence-corrected chi connectivity index (χ1v) is 9.93. The van der Waals surface area contributed by atoms with Gasteiger partial charge in [-0.25, -0.2) is 0 Å². The topological polar surface area (TPSA) is 105 Å². The fourth-order valence-corrected chi connectivity index (χ4v) is 4.43. The van der Waals surface area contributed by atoms with Crippen LogP contribution in [0.5, 0.6) is 5.75 Å². The van der Waals surface area contributed by atoms with Crippen LogP contribution < -0.4 is 15.8 Å². The number of carbonyl (C=O) groups is 1. The Morgan fingerprint density at radius 2 is 2.03 bits per heavy atom. The molecule has 29 heavy (non-hydrogen) atoms. The zero-order valence-electron chi connectivity index (χ0n) is 16.2. The molecule has 2 aliphatic heterocycles. The van der Waals surface area contributed by atoms with Gasteiger partial charge in [0, 0.05) is 23.1 Å². The van der Waals surface area contributed by atoms with Crippen LogP contribution in [0, 0.1) is 0 Å². The van der Waals surface area contributed by atoms with E-state index in [1.165, 1.54) is 5.98 Å². The number of piperidine rings is 1. The maximum Gasteiger partial charge on any atom is 0.480 e. The molecular weight excluding hydrogens is 367 g/mol. The number of Topliss-reactive ketones (excluding diaryl/α,β-unsaturated/α-hetero) is 1. The lowest BCUT2D eigenvalue weighted by Gasteiger charge is -2.37. The summed E-state index contributed by atoms with van der Waals surface area (Å²) >= 11 is 0. The summed E-state index contributed by atoms with van der Waals surface area (Å²) in [6.07, 6.45) is 2.64. The van der Waals surface area contributed by atoms with Gasteiger partial charge in [-0.15, -0.1) is 0 Å². The summed E-state index contributed by atoms with van der Waals surface area (Å²) in [5, 5.41) is 21.5. The number of nitrogens with two attached hydrogens (primary N) is 1. The molecule has 1 unspecified atom stereocenters. The van der Waals surface area contributed by atoms with Gasteiger partial charge in [-0.2, -0.15) is 0 Å². The van der Waals surface area contributed by atoms with Crippen molar-refractivity contribution in [3.63, 3.8) is 0 Å². The summed E-state index contributed by atoms with van der Waals surface area (Å²) in [5.41, 5.74) is 8.88. The maximum absolute atomic E-state index is 13.5. The molecule has 0 aliphatic carbocycles. The molecule has 0 amide bonds. The van der Waals surface area contributed by atoms with Crippen molar-refractivity contribution < 1.29 is 19.6 Å². The van der Waals surface area contributed by atoms with Crippen LogP contribution in [0.1, 0.15) is 39.9 Å². The highest BCUT2D eigenvalue weighted by Crippen LogP contribution is 2.49. The number of nitrogens with one attached hydrogen (secondary N) is 1. The number of ketones is 1. The van der Waals surface area contributed by atoms with E-state index in [1.807, 2.05) is 18.2 Å². The van der Waals surface area contributed by atoms with Crippen molar-refractivity contribution in [2.45, 2.75) is 30.9 Å². The van der Waals surface area contributed by atoms with Crippen LogP contribution >= 0.6 is 0 Å². The molecule has 1 atom stereocenters. The molecule has 0 aromatic heterocycles. The van der Waals surface area contributed by atoms with Gasteiger partial charge in [-0.3, -0.25) is 4.79 Å². The highest BCUT2D eigenvalue weighted by atomic mass is 16.5. The van der Waals surface area contributed by atoms with E-state index in [4.69, 9.17) is 20.5 Å². The van der Waals surface area contributed by atoms with Gasteiger partial charge in [0.15, 0.2) is 6.10 Å². The number of fused-ring (bicyclic) bond motifs is 2. The summed E-state index contributed by atoms with van der Waals surface area (Å²) in [7, 11) is -1.53. The molecule has 4 rings (SSSR count). The van der Waals surface area contributed by atoms with Crippen LogP contribution in [0.3, 0.4) is 0 Å². The Morgan fingerprint density at radius 3 is 2.76 bits per heavy atom. The number of carbonyl (C=O) groups excluding carboxylic acids is 1. The average Bonchev–Trinajstić information content (AvgIpc) is 3.05. The molecule has 0 radical (unpaired) electrons. The number of ether oxygens (including phenoxy) is 1. The normalized spacial score (nSPS) is 19.9. The van der Waals surface area contributed by atoms with Gasteiger partial charge in [0.2, 0.25) is 5.78 Å². The van der Waals surface area contributed by atoms with Crippen molar-refractivity contribution in [3.05, 3.63) is 70.7 Å². The smallest absolute Gasteiger partial charge is 0.480 e. The van der Waals surface area contributed by atoms with Gasteiger partial charge in [-0.05, 0) is 49.2 Å². The van der Waals surface area contributed by atoms with E-state index in [0.29, 0.717) is 12.1 Å². The van der Waals surface area contributed by atoms with Crippen LogP contribution in [0.4, 0.5) is 0 Å². The number of benzene rings is 2. The number of hydrogen-bond donors (Lipinski definition) is 4. The van der Waals surface area contributed by atoms with Crippen molar-refractivity contribution in [1.29, 1.82) is 0 Å². The van der Waals surface area contributed by atoms with Gasteiger partial charge in [-0.1, -0.05) is 42.4 Å². The highest BCUT2D eigenvalue weighted by Gasteiger charge is 2.52. The Labute approximate surface area is 170 Å². The van der Waals surface area contributed by atoms with E-state index in [2.05, 4.69) is 11.4 Å². The SMILES string of the molecule is NCc1ccc2c(c1)C1(CCNCC1)C(C(=O)c1cccc(C=CB(O)O)c1)O2. The monoisotopic (exact) mass is 392 g/mol. The van der Waals surface area contributed by atoms with E-state index in [9.17, 15) is 4.79 Å². The first kappa shape index (κ1) is 19.9. The van der Waals surface area contributed by atoms with Crippen molar-refractivity contribution in [1.82, 2.24) is 5.32 Å². The molecule has 2 heterocycles. The Balaban J connectivity index is 1.70. The van der Waals surface area contributed by atoms with Gasteiger partial charge in [0.1, 0.15) is 5.75 Å². The first-order chi connectivity index (χ1) is 14.0. The van der Waals surface area contributed by atoms with Crippen LogP contribution in [0.15, 0.2) is 48.4 Å². The minimum atomic E-state index is -1.53. The Morgan fingerprint density at radius 1 is 1.24 bits per heavy atom. The third-order valence-electron chi connectivity index (χ3n) is 5.93. The fourth-order valence-electron chi connectivity index (χ4n) is 4.43. The first-order valence-electron chi connectivity index (χ1n) is 9.93. The number of hydrogen-bond acceptors (Lipinski definition) is 6. The molecular formula is C22H25BN2O4. The summed E-state index contributed by atoms with van der Waals surface area (Å²) in [6, 6.07) is 13.1. The summed E-state index contributed by atoms with van der Waals surface area (Å²) in [6.45, 7) is 2.11. The molecule has 2 aromatic rings. The van der Waals surface area contributed by atoms with E-state index < -0.39 is 13.2 Å². The van der Waals surface area contributed by atoms with Gasteiger partial charge < -0.3 is 25.8 Å². The average molecular weight is 392 g/mol. The molecule has 7 heteroatoms. The second-order valence-electron chi connectivity index (χ2n) is 7.70. The molecule has 0 bridgehead atoms. The largest absolute Gasteiger partial charge is 0.481 e. The number of rotatable bonds is 5. The lowest BCUT2D eigenvalue weighted by atomic mass is 9.68. The summed E-state index contributed by atoms with van der Waals surface area (Å²) in [4.78, 5) is 13.5. The third-order valence-corrected chi connectivity index (χ3v) is 5.93. The molecule has 5 N–H and O–H groups in total. The lowest BCUT2D eigenvalue weighted by molar-refractivity contribution is 0.0648. The molecule has 150 valence electrons. The van der Waals surface area contributed by atoms with Crippen molar-refractivity contribution >= 4 is 19.0 Å². The second kappa shape index (κ2) is 8.12. The molecule has 0 saturated carbocycles. The second-order valence-corrected chi connectivity index (χ2v) is 7.70. The van der Waals surface area contributed by atoms with E-state index in [0.717, 1.165) is 48.4 Å². The van der Waals surface area contributed by atoms with Crippen LogP contribution in [0.2, 0.25) is 0 Å². The van der Waals surface area contributed by atoms with Gasteiger partial charge in [0.05, 0.1) is 0 Å². The fraction of sp³-hybridized carbons (Fsp3) is 0.318. The van der Waals surface area contributed by atoms with Crippen molar-refractivity contribution in [2.75, 3.05) is 13.1 Å². The molecule has 2 aliphatic rings. The Bertz CT molecular complexity index is 938. The molecule has 2 aromatic carbocycles. The highest BCUT2D eigenvalue weighted by molar-refractivity contribution is 6.48. The van der Waals surface area contributed by atoms with Crippen LogP contribution in [0.25, 0.3) is 6.08 Å². The van der Waals surface area contributed by atoms with Crippen molar-refractivity contribution in [2.24, 2.45) is 5.73 Å². The third kappa shape index (κ3) is 3.74. The van der Waals surface area contributed by atoms with E-state index in [-0.39, 0.29) is 11.2 Å². The van der Waals surface area contributed by atoms with Crippen molar-refractivity contribution in [3.8, 4) is 5.75 Å². The Kier molecular flexibility index (Phi) is 5.56.